The molecule has 1 fully saturated rings. The molecule has 4 rings (SSSR count). The Hall–Kier alpha value is -2.98. The van der Waals surface area contributed by atoms with Crippen LogP contribution in [0.2, 0.25) is 0 Å². The summed E-state index contributed by atoms with van der Waals surface area (Å²) in [6.45, 7) is 1.89. The normalized spacial score (nSPS) is 18.8. The highest BCUT2D eigenvalue weighted by Crippen LogP contribution is 2.24. The van der Waals surface area contributed by atoms with E-state index >= 15 is 0 Å². The van der Waals surface area contributed by atoms with Gasteiger partial charge in [-0.15, -0.1) is 0 Å². The molecular formula is C24H25N3O3. The predicted octanol–water partition coefficient (Wildman–Crippen LogP) is 3.58. The van der Waals surface area contributed by atoms with Crippen molar-refractivity contribution in [3.63, 3.8) is 0 Å². The quantitative estimate of drug-likeness (QED) is 0.650. The average Bonchev–Trinajstić information content (AvgIpc) is 2.81. The molecule has 2 aromatic carbocycles. The van der Waals surface area contributed by atoms with Crippen LogP contribution >= 0.6 is 0 Å². The van der Waals surface area contributed by atoms with E-state index in [0.29, 0.717) is 25.3 Å². The van der Waals surface area contributed by atoms with Gasteiger partial charge in [-0.25, -0.2) is 0 Å². The first-order valence-electron chi connectivity index (χ1n) is 10.1. The first-order valence-corrected chi connectivity index (χ1v) is 10.1. The van der Waals surface area contributed by atoms with Crippen molar-refractivity contribution in [1.29, 1.82) is 5.26 Å². The van der Waals surface area contributed by atoms with E-state index < -0.39 is 0 Å². The Balaban J connectivity index is 1.27. The van der Waals surface area contributed by atoms with Crippen LogP contribution in [-0.2, 0) is 22.4 Å². The first kappa shape index (κ1) is 20.3. The predicted molar refractivity (Wildman–Crippen MR) is 114 cm³/mol. The summed E-state index contributed by atoms with van der Waals surface area (Å²) in [5.74, 6) is 0.830. The second kappa shape index (κ2) is 9.68. The fourth-order valence-corrected chi connectivity index (χ4v) is 3.64. The maximum atomic E-state index is 9.01. The highest BCUT2D eigenvalue weighted by molar-refractivity contribution is 5.83. The van der Waals surface area contributed by atoms with Crippen LogP contribution < -0.4 is 10.1 Å². The van der Waals surface area contributed by atoms with Crippen LogP contribution in [0.15, 0.2) is 54.7 Å². The summed E-state index contributed by atoms with van der Waals surface area (Å²) in [4.78, 5) is 4.43. The lowest BCUT2D eigenvalue weighted by Gasteiger charge is -2.30. The van der Waals surface area contributed by atoms with E-state index in [0.717, 1.165) is 35.1 Å². The topological polar surface area (TPSA) is 76.4 Å². The molecule has 0 aliphatic carbocycles. The number of nitrogens with zero attached hydrogens (tertiary/aromatic N) is 2. The van der Waals surface area contributed by atoms with Crippen LogP contribution in [0.4, 0.5) is 0 Å². The van der Waals surface area contributed by atoms with E-state index in [1.165, 1.54) is 5.56 Å². The van der Waals surface area contributed by atoms with Gasteiger partial charge in [0.1, 0.15) is 5.75 Å². The van der Waals surface area contributed by atoms with E-state index in [-0.39, 0.29) is 12.3 Å². The second-order valence-corrected chi connectivity index (χ2v) is 7.38. The summed E-state index contributed by atoms with van der Waals surface area (Å²) in [6, 6.07) is 17.9. The van der Waals surface area contributed by atoms with Gasteiger partial charge in [-0.1, -0.05) is 12.1 Å². The third kappa shape index (κ3) is 4.95. The maximum Gasteiger partial charge on any atom is 0.158 e. The van der Waals surface area contributed by atoms with Gasteiger partial charge in [0, 0.05) is 24.5 Å². The van der Waals surface area contributed by atoms with Crippen LogP contribution in [0.5, 0.6) is 5.75 Å². The maximum absolute atomic E-state index is 9.01. The monoisotopic (exact) mass is 403 g/mol. The molecule has 0 radical (unpaired) electrons. The number of methoxy groups -OCH3 is 1. The zero-order valence-corrected chi connectivity index (χ0v) is 17.0. The molecule has 0 unspecified atom stereocenters. The molecular weight excluding hydrogens is 378 g/mol. The summed E-state index contributed by atoms with van der Waals surface area (Å²) in [7, 11) is 1.67. The Labute approximate surface area is 176 Å². The molecule has 1 N–H and O–H groups in total. The van der Waals surface area contributed by atoms with Gasteiger partial charge in [-0.3, -0.25) is 4.98 Å². The average molecular weight is 403 g/mol. The van der Waals surface area contributed by atoms with E-state index in [2.05, 4.69) is 16.4 Å². The molecule has 0 atom stereocenters. The van der Waals surface area contributed by atoms with Gasteiger partial charge in [0.05, 0.1) is 43.5 Å². The summed E-state index contributed by atoms with van der Waals surface area (Å²) in [5, 5.41) is 13.5. The molecule has 1 aliphatic heterocycles. The molecule has 3 aromatic rings. The van der Waals surface area contributed by atoms with Gasteiger partial charge in [0.15, 0.2) is 6.29 Å². The SMILES string of the molecule is COc1ccc2nccc(CCC3OCC(NCc4cccc(C#N)c4)CO3)c2c1. The molecule has 6 heteroatoms. The molecule has 6 nitrogen and oxygen atoms in total. The minimum Gasteiger partial charge on any atom is -0.497 e. The number of benzene rings is 2. The molecule has 30 heavy (non-hydrogen) atoms. The lowest BCUT2D eigenvalue weighted by Crippen LogP contribution is -2.44. The number of fused-ring (bicyclic) bond motifs is 1. The summed E-state index contributed by atoms with van der Waals surface area (Å²) >= 11 is 0. The van der Waals surface area contributed by atoms with Crippen LogP contribution in [0.1, 0.15) is 23.1 Å². The number of pyridine rings is 1. The zero-order valence-electron chi connectivity index (χ0n) is 17.0. The van der Waals surface area contributed by atoms with Crippen LogP contribution in [-0.4, -0.2) is 37.6 Å². The summed E-state index contributed by atoms with van der Waals surface area (Å²) in [6.07, 6.45) is 3.26. The highest BCUT2D eigenvalue weighted by Gasteiger charge is 2.22. The number of nitrogens with one attached hydrogen (secondary N) is 1. The van der Waals surface area contributed by atoms with E-state index in [9.17, 15) is 0 Å². The van der Waals surface area contributed by atoms with Crippen molar-refractivity contribution in [3.05, 3.63) is 71.4 Å². The second-order valence-electron chi connectivity index (χ2n) is 7.38. The van der Waals surface area contributed by atoms with E-state index in [4.69, 9.17) is 19.5 Å². The smallest absolute Gasteiger partial charge is 0.158 e. The summed E-state index contributed by atoms with van der Waals surface area (Å²) in [5.41, 5.74) is 3.93. The number of nitriles is 1. The lowest BCUT2D eigenvalue weighted by molar-refractivity contribution is -0.192. The van der Waals surface area contributed by atoms with Crippen molar-refractivity contribution in [1.82, 2.24) is 10.3 Å². The van der Waals surface area contributed by atoms with Gasteiger partial charge in [0.2, 0.25) is 0 Å². The van der Waals surface area contributed by atoms with Gasteiger partial charge >= 0.3 is 0 Å². The zero-order chi connectivity index (χ0) is 20.8. The number of hydrogen-bond acceptors (Lipinski definition) is 6. The lowest BCUT2D eigenvalue weighted by atomic mass is 10.0. The Bertz CT molecular complexity index is 1040. The van der Waals surface area contributed by atoms with Crippen molar-refractivity contribution >= 4 is 10.9 Å². The van der Waals surface area contributed by atoms with Crippen LogP contribution in [0, 0.1) is 11.3 Å². The Kier molecular flexibility index (Phi) is 6.55. The molecule has 2 heterocycles. The van der Waals surface area contributed by atoms with Crippen LogP contribution in [0.3, 0.4) is 0 Å². The molecule has 0 spiro atoms. The molecule has 0 amide bonds. The van der Waals surface area contributed by atoms with Gasteiger partial charge < -0.3 is 19.5 Å². The number of rotatable bonds is 7. The third-order valence-electron chi connectivity index (χ3n) is 5.31. The van der Waals surface area contributed by atoms with Crippen molar-refractivity contribution in [2.75, 3.05) is 20.3 Å². The third-order valence-corrected chi connectivity index (χ3v) is 5.31. The van der Waals surface area contributed by atoms with Gasteiger partial charge in [-0.2, -0.15) is 5.26 Å². The Morgan fingerprint density at radius 2 is 2.03 bits per heavy atom. The molecule has 1 aliphatic rings. The van der Waals surface area contributed by atoms with Crippen molar-refractivity contribution < 1.29 is 14.2 Å². The molecule has 1 aromatic heterocycles. The molecule has 0 saturated carbocycles. The van der Waals surface area contributed by atoms with Crippen molar-refractivity contribution in [3.8, 4) is 11.8 Å². The van der Waals surface area contributed by atoms with Crippen molar-refractivity contribution in [2.24, 2.45) is 0 Å². The van der Waals surface area contributed by atoms with Gasteiger partial charge in [0.25, 0.3) is 0 Å². The fourth-order valence-electron chi connectivity index (χ4n) is 3.64. The van der Waals surface area contributed by atoms with Crippen molar-refractivity contribution in [2.45, 2.75) is 31.7 Å². The fraction of sp³-hybridized carbons (Fsp3) is 0.333. The first-order chi connectivity index (χ1) is 14.7. The number of aromatic nitrogens is 1. The number of ether oxygens (including phenoxy) is 3. The van der Waals surface area contributed by atoms with E-state index in [1.807, 2.05) is 54.7 Å². The standard InChI is InChI=1S/C24H25N3O3/c1-28-21-6-7-23-22(12-21)19(9-10-26-23)5-8-24-29-15-20(16-30-24)27-14-18-4-2-3-17(11-18)13-25/h2-4,6-7,9-12,20,24,27H,5,8,14-16H2,1H3. The molecule has 154 valence electrons. The van der Waals surface area contributed by atoms with E-state index in [1.54, 1.807) is 7.11 Å². The van der Waals surface area contributed by atoms with Gasteiger partial charge in [-0.05, 0) is 53.9 Å². The Morgan fingerprint density at radius 3 is 2.83 bits per heavy atom. The van der Waals surface area contributed by atoms with Crippen LogP contribution in [0.25, 0.3) is 10.9 Å². The molecule has 0 bridgehead atoms. The minimum absolute atomic E-state index is 0.137. The number of hydrogen-bond donors (Lipinski definition) is 1. The Morgan fingerprint density at radius 1 is 1.17 bits per heavy atom. The number of aryl methyl sites for hydroxylation is 1. The largest absolute Gasteiger partial charge is 0.497 e. The molecule has 1 saturated heterocycles. The highest BCUT2D eigenvalue weighted by atomic mass is 16.7. The summed E-state index contributed by atoms with van der Waals surface area (Å²) < 4.78 is 17.2. The minimum atomic E-state index is -0.209.